The Morgan fingerprint density at radius 1 is 0.390 bits per heavy atom. The number of aliphatic hydroxyl groups excluding tert-OH is 6. The molecule has 7 fully saturated rings. The first-order valence-corrected chi connectivity index (χ1v) is 41.9. The van der Waals surface area contributed by atoms with Gasteiger partial charge < -0.3 is 115 Å². The summed E-state index contributed by atoms with van der Waals surface area (Å²) in [5, 5.41) is 69.6. The van der Waals surface area contributed by atoms with E-state index in [9.17, 15) is 30.6 Å². The van der Waals surface area contributed by atoms with Gasteiger partial charge in [-0.3, -0.25) is 0 Å². The van der Waals surface area contributed by atoms with Crippen LogP contribution in [0.2, 0.25) is 25.2 Å². The number of nitrogens with zero attached hydrogens (tertiary/aromatic N) is 12. The van der Waals surface area contributed by atoms with E-state index in [1.54, 1.807) is 65.8 Å². The van der Waals surface area contributed by atoms with Crippen LogP contribution in [0.4, 0.5) is 0 Å². The Morgan fingerprint density at radius 3 is 1.18 bits per heavy atom. The van der Waals surface area contributed by atoms with Crippen LogP contribution < -0.4 is 0 Å². The van der Waals surface area contributed by atoms with E-state index in [-0.39, 0.29) is 39.0 Å². The molecule has 0 unspecified atom stereocenters. The maximum Gasteiger partial charge on any atom is 0.164 e. The minimum Gasteiger partial charge on any atom is -0.392 e. The fraction of sp³-hybridized carbons (Fsp3) is 0.442. The Hall–Kier alpha value is -7.99. The number of halogens is 5. The summed E-state index contributed by atoms with van der Waals surface area (Å²) in [6, 6.07) is 28.8. The molecule has 0 amide bonds. The predicted molar refractivity (Wildman–Crippen MR) is 443 cm³/mol. The van der Waals surface area contributed by atoms with Crippen molar-refractivity contribution in [3.05, 3.63) is 234 Å². The Balaban J connectivity index is 0.000000112. The van der Waals surface area contributed by atoms with Gasteiger partial charge in [-0.05, 0) is 180 Å². The molecular weight excluding hydrogens is 1700 g/mol. The van der Waals surface area contributed by atoms with Crippen LogP contribution in [0.15, 0.2) is 147 Å². The SMILES string of the molecule is CC1(C)O[C@H]2[C@@H](O1)[C@H](n1ccc3c(Cl)ncnc31)O[C@@H]2[C@H](O)c1ccc(Cl)cc1CO.Cc1ncnc2c1ccn2[C@@H]1O[C@H]([C@@H]2OCOCc3cc(Cl)ccc32)[C@@H](O)[C@H]1O.Cc1ncnc2c1ccn2[C@@H]1O[C@H]([C@@H]2OCOCc3cc(Cl)ccc32)[C@H]2OC(C)(C)O[C@H]21.Cc1ncnc2c1ccn2[C@@H]1O[C@H]([C@H](O)c2ccc(Cl)cc2CO)[C@H]2OC(C)(C)O[C@H]21. The van der Waals surface area contributed by atoms with Crippen LogP contribution in [0.25, 0.3) is 44.1 Å². The molecule has 17 heterocycles. The molecule has 4 aromatic carbocycles. The van der Waals surface area contributed by atoms with Crippen LogP contribution >= 0.6 is 58.0 Å². The summed E-state index contributed by atoms with van der Waals surface area (Å²) in [5.74, 6) is -2.43. The van der Waals surface area contributed by atoms with Crippen LogP contribution in [-0.4, -0.2) is 193 Å². The van der Waals surface area contributed by atoms with Crippen molar-refractivity contribution in [1.82, 2.24) is 58.1 Å². The van der Waals surface area contributed by atoms with Gasteiger partial charge in [-0.25, -0.2) is 39.9 Å². The summed E-state index contributed by atoms with van der Waals surface area (Å²) >= 11 is 30.7. The van der Waals surface area contributed by atoms with Crippen LogP contribution in [-0.2, 0) is 92.7 Å². The average Bonchev–Trinajstić information content (AvgIpc) is 1.60. The molecule has 37 heteroatoms. The number of aromatic nitrogens is 12. The summed E-state index contributed by atoms with van der Waals surface area (Å²) in [6.45, 7) is 17.4. The highest BCUT2D eigenvalue weighted by molar-refractivity contribution is 6.34. The molecule has 0 saturated carbocycles. The van der Waals surface area contributed by atoms with Gasteiger partial charge >= 0.3 is 0 Å². The van der Waals surface area contributed by atoms with E-state index < -0.39 is 128 Å². The van der Waals surface area contributed by atoms with Crippen molar-refractivity contribution in [1.29, 1.82) is 0 Å². The second-order valence-corrected chi connectivity index (χ2v) is 34.8. The van der Waals surface area contributed by atoms with Crippen LogP contribution in [0.1, 0.15) is 152 Å². The predicted octanol–water partition coefficient (Wildman–Crippen LogP) is 12.7. The van der Waals surface area contributed by atoms with Crippen molar-refractivity contribution < 1.29 is 97.0 Å². The number of rotatable bonds is 12. The fourth-order valence-electron chi connectivity index (χ4n) is 18.0. The average molecular weight is 1790 g/mol. The third kappa shape index (κ3) is 16.3. The molecule has 123 heavy (non-hydrogen) atoms. The van der Waals surface area contributed by atoms with Gasteiger partial charge in [0.1, 0.15) is 164 Å². The molecule has 20 atom stereocenters. The van der Waals surface area contributed by atoms with E-state index in [1.807, 2.05) is 143 Å². The van der Waals surface area contributed by atoms with Gasteiger partial charge in [-0.15, -0.1) is 0 Å². The number of benzene rings is 4. The first-order chi connectivity index (χ1) is 59.0. The first kappa shape index (κ1) is 85.8. The lowest BCUT2D eigenvalue weighted by Crippen LogP contribution is -2.36. The standard InChI is InChI=1S/C23H24ClN3O5.C22H24ClN3O5.C21H21Cl2N3O5.C20H20ClN3O5/c1-12-15-6-7-27(21(15)26-10-25-12)22-20-19(31-23(2,3)32-20)18(30-22)17-16-5-4-14(24)8-13(16)9-28-11-29-17;1-11-14-6-7-26(20(14)25-10-24-11)21-19-18(30-22(2,3)31-19)17(29-21)16(28)15-5-4-13(23)8-12(15)9-27;1-21(2)30-16-15(14(28)12-4-3-11(22)7-10(12)8-27)29-20(17(16)31-21)26-6-5-13-18(23)24-9-25-19(13)26;1-10-13-4-5-24(19(13)23-8-22-10)20-16(26)15(25)18(29-20)17-14-3-2-12(21)6-11(14)7-27-9-28-17/h4-8,10,17-20,22H,9,11H2,1-3H3;4-8,10,16-19,21,27-28H,9H2,1-3H3;3-7,9,14-17,20,27-28H,8H2,1-2H3;2-6,8,15-18,20,25-26H,7,9H2,1H3/t17-,18-,19-,20-,22-;16-,17-,18-,19-,21-;14-,15-,16-,17-,20-;15-,16+,17+,18-,20+/m1110/s1. The molecule has 0 spiro atoms. The van der Waals surface area contributed by atoms with Crippen molar-refractivity contribution in [2.75, 3.05) is 13.6 Å². The van der Waals surface area contributed by atoms with E-state index >= 15 is 0 Å². The minimum atomic E-state index is -1.16. The number of ether oxygens (including phenoxy) is 14. The van der Waals surface area contributed by atoms with Crippen molar-refractivity contribution in [2.24, 2.45) is 0 Å². The van der Waals surface area contributed by atoms with Crippen LogP contribution in [0, 0.1) is 20.8 Å². The smallest absolute Gasteiger partial charge is 0.164 e. The molecule has 32 nitrogen and oxygen atoms in total. The zero-order valence-corrected chi connectivity index (χ0v) is 71.6. The van der Waals surface area contributed by atoms with Crippen molar-refractivity contribution in [2.45, 2.75) is 229 Å². The fourth-order valence-corrected chi connectivity index (χ4v) is 19.0. The van der Waals surface area contributed by atoms with E-state index in [4.69, 9.17) is 124 Å². The molecule has 0 aliphatic carbocycles. The zero-order chi connectivity index (χ0) is 86.0. The minimum absolute atomic E-state index is 0.0448. The van der Waals surface area contributed by atoms with E-state index in [0.29, 0.717) is 77.4 Å². The van der Waals surface area contributed by atoms with Gasteiger partial charge in [0.25, 0.3) is 0 Å². The lowest BCUT2D eigenvalue weighted by molar-refractivity contribution is -0.218. The highest BCUT2D eigenvalue weighted by Gasteiger charge is 2.62. The Labute approximate surface area is 729 Å². The number of hydrogen-bond donors (Lipinski definition) is 6. The lowest BCUT2D eigenvalue weighted by Gasteiger charge is -2.29. The van der Waals surface area contributed by atoms with Gasteiger partial charge in [-0.2, -0.15) is 0 Å². The molecule has 12 aromatic rings. The van der Waals surface area contributed by atoms with Gasteiger partial charge in [0.2, 0.25) is 0 Å². The molecule has 21 rings (SSSR count). The Morgan fingerprint density at radius 2 is 0.740 bits per heavy atom. The number of hydrogen-bond acceptors (Lipinski definition) is 28. The lowest BCUT2D eigenvalue weighted by atomic mass is 9.95. The third-order valence-electron chi connectivity index (χ3n) is 23.6. The molecule has 8 aromatic heterocycles. The second-order valence-electron chi connectivity index (χ2n) is 32.7. The van der Waals surface area contributed by atoms with E-state index in [1.165, 1.54) is 19.0 Å². The molecule has 6 N–H and O–H groups in total. The summed E-state index contributed by atoms with van der Waals surface area (Å²) in [6.07, 6.45) is 0.176. The van der Waals surface area contributed by atoms with Crippen LogP contribution in [0.3, 0.4) is 0 Å². The van der Waals surface area contributed by atoms with E-state index in [0.717, 1.165) is 66.8 Å². The molecule has 9 aliphatic heterocycles. The zero-order valence-electron chi connectivity index (χ0n) is 67.8. The van der Waals surface area contributed by atoms with E-state index in [2.05, 4.69) is 39.9 Å². The van der Waals surface area contributed by atoms with Crippen LogP contribution in [0.5, 0.6) is 0 Å². The summed E-state index contributed by atoms with van der Waals surface area (Å²) in [5.41, 5.74) is 11.1. The molecule has 0 bridgehead atoms. The molecule has 0 radical (unpaired) electrons. The third-order valence-corrected chi connectivity index (χ3v) is 24.8. The molecule has 7 saturated heterocycles. The largest absolute Gasteiger partial charge is 0.392 e. The number of fused-ring (bicyclic) bond motifs is 9. The quantitative estimate of drug-likeness (QED) is 0.0619. The monoisotopic (exact) mass is 1780 g/mol. The number of aryl methyl sites for hydroxylation is 3. The number of aliphatic hydroxyl groups is 6. The highest BCUT2D eigenvalue weighted by Crippen LogP contribution is 2.53. The maximum absolute atomic E-state index is 11.3. The molecular formula is C86H89Cl5N12O20. The molecule has 9 aliphatic rings. The van der Waals surface area contributed by atoms with Gasteiger partial charge in [0, 0.05) is 61.0 Å². The molecule has 648 valence electrons. The normalized spacial score (nSPS) is 29.4. The topological polar surface area (TPSA) is 373 Å². The van der Waals surface area contributed by atoms with Gasteiger partial charge in [0.05, 0.1) is 48.9 Å². The summed E-state index contributed by atoms with van der Waals surface area (Å²) < 4.78 is 93.3. The Kier molecular flexibility index (Phi) is 23.9. The highest BCUT2D eigenvalue weighted by atomic mass is 35.5. The summed E-state index contributed by atoms with van der Waals surface area (Å²) in [7, 11) is 0. The maximum atomic E-state index is 11.3. The second kappa shape index (κ2) is 34.3. The van der Waals surface area contributed by atoms with Crippen molar-refractivity contribution >= 4 is 102 Å². The first-order valence-electron chi connectivity index (χ1n) is 40.0. The summed E-state index contributed by atoms with van der Waals surface area (Å²) in [4.78, 5) is 34.4. The van der Waals surface area contributed by atoms with Gasteiger partial charge in [0.15, 0.2) is 42.3 Å². The van der Waals surface area contributed by atoms with Crippen molar-refractivity contribution in [3.8, 4) is 0 Å². The van der Waals surface area contributed by atoms with Gasteiger partial charge in [-0.1, -0.05) is 82.3 Å². The Bertz CT molecular complexity index is 5740. The van der Waals surface area contributed by atoms with Crippen molar-refractivity contribution in [3.63, 3.8) is 0 Å².